The van der Waals surface area contributed by atoms with Crippen molar-refractivity contribution in [3.05, 3.63) is 34.9 Å². The fourth-order valence-corrected chi connectivity index (χ4v) is 4.30. The highest BCUT2D eigenvalue weighted by Gasteiger charge is 2.49. The Kier molecular flexibility index (Phi) is 3.18. The molecule has 1 amide bonds. The predicted octanol–water partition coefficient (Wildman–Crippen LogP) is 2.04. The number of carbonyl (C=O) groups is 2. The van der Waals surface area contributed by atoms with Crippen LogP contribution in [0.3, 0.4) is 0 Å². The van der Waals surface area contributed by atoms with Crippen molar-refractivity contribution in [2.24, 2.45) is 11.8 Å². The van der Waals surface area contributed by atoms with Gasteiger partial charge in [-0.2, -0.15) is 0 Å². The number of carboxylic acids is 1. The smallest absolute Gasteiger partial charge is 0.326 e. The number of hydrogen-bond acceptors (Lipinski definition) is 3. The van der Waals surface area contributed by atoms with E-state index in [0.717, 1.165) is 30.4 Å². The van der Waals surface area contributed by atoms with Crippen LogP contribution in [0.5, 0.6) is 0 Å². The Morgan fingerprint density at radius 1 is 1.18 bits per heavy atom. The number of amides is 1. The summed E-state index contributed by atoms with van der Waals surface area (Å²) in [6.07, 6.45) is 3.04. The van der Waals surface area contributed by atoms with Crippen LogP contribution in [0.15, 0.2) is 18.2 Å². The van der Waals surface area contributed by atoms with E-state index < -0.39 is 12.0 Å². The molecule has 3 atom stereocenters. The number of hydrogen-bond donors (Lipinski definition) is 1. The summed E-state index contributed by atoms with van der Waals surface area (Å²) in [6, 6.07) is 4.91. The van der Waals surface area contributed by atoms with Gasteiger partial charge in [0, 0.05) is 12.1 Å². The molecule has 2 aliphatic heterocycles. The first-order valence-electron chi connectivity index (χ1n) is 7.88. The van der Waals surface area contributed by atoms with E-state index >= 15 is 0 Å². The monoisotopic (exact) mass is 301 g/mol. The summed E-state index contributed by atoms with van der Waals surface area (Å²) >= 11 is 0. The van der Waals surface area contributed by atoms with Gasteiger partial charge in [-0.3, -0.25) is 4.79 Å². The van der Waals surface area contributed by atoms with Gasteiger partial charge in [-0.25, -0.2) is 4.79 Å². The number of fused-ring (bicyclic) bond motifs is 2. The molecule has 3 aliphatic rings. The van der Waals surface area contributed by atoms with E-state index in [9.17, 15) is 14.7 Å². The highest BCUT2D eigenvalue weighted by atomic mass is 16.5. The van der Waals surface area contributed by atoms with Gasteiger partial charge in [0.1, 0.15) is 6.04 Å². The van der Waals surface area contributed by atoms with Crippen molar-refractivity contribution in [1.82, 2.24) is 4.90 Å². The van der Waals surface area contributed by atoms with Crippen molar-refractivity contribution in [2.75, 3.05) is 6.54 Å². The number of nitrogens with zero attached hydrogens (tertiary/aromatic N) is 1. The minimum absolute atomic E-state index is 0.124. The van der Waals surface area contributed by atoms with Crippen molar-refractivity contribution in [3.63, 3.8) is 0 Å². The van der Waals surface area contributed by atoms with Crippen LogP contribution in [-0.4, -0.2) is 34.5 Å². The minimum Gasteiger partial charge on any atom is -0.480 e. The Hall–Kier alpha value is -1.88. The molecule has 1 saturated carbocycles. The first kappa shape index (κ1) is 13.8. The Morgan fingerprint density at radius 3 is 2.82 bits per heavy atom. The summed E-state index contributed by atoms with van der Waals surface area (Å²) in [5, 5.41) is 9.57. The number of carboxylic acid groups (broad SMARTS) is 1. The molecule has 3 unspecified atom stereocenters. The van der Waals surface area contributed by atoms with Crippen molar-refractivity contribution < 1.29 is 19.4 Å². The lowest BCUT2D eigenvalue weighted by Gasteiger charge is -2.24. The third-order valence-electron chi connectivity index (χ3n) is 5.37. The van der Waals surface area contributed by atoms with E-state index in [-0.39, 0.29) is 11.8 Å². The van der Waals surface area contributed by atoms with Gasteiger partial charge < -0.3 is 14.7 Å². The molecule has 2 fully saturated rings. The van der Waals surface area contributed by atoms with E-state index in [0.29, 0.717) is 31.2 Å². The van der Waals surface area contributed by atoms with E-state index in [2.05, 4.69) is 0 Å². The van der Waals surface area contributed by atoms with Crippen LogP contribution in [0.2, 0.25) is 0 Å². The predicted molar refractivity (Wildman–Crippen MR) is 78.2 cm³/mol. The van der Waals surface area contributed by atoms with Gasteiger partial charge in [-0.1, -0.05) is 12.5 Å². The van der Waals surface area contributed by atoms with E-state index in [1.165, 1.54) is 0 Å². The van der Waals surface area contributed by atoms with Gasteiger partial charge >= 0.3 is 5.97 Å². The lowest BCUT2D eigenvalue weighted by molar-refractivity contribution is -0.142. The molecule has 5 heteroatoms. The first-order valence-corrected chi connectivity index (χ1v) is 7.88. The van der Waals surface area contributed by atoms with Crippen molar-refractivity contribution in [2.45, 2.75) is 38.5 Å². The number of likely N-dealkylation sites (tertiary alicyclic amines) is 1. The molecule has 1 aromatic carbocycles. The van der Waals surface area contributed by atoms with Crippen molar-refractivity contribution in [3.8, 4) is 0 Å². The number of benzene rings is 1. The summed E-state index contributed by atoms with van der Waals surface area (Å²) in [6.45, 7) is 1.70. The van der Waals surface area contributed by atoms with Gasteiger partial charge in [0.2, 0.25) is 0 Å². The van der Waals surface area contributed by atoms with Crippen molar-refractivity contribution in [1.29, 1.82) is 0 Å². The SMILES string of the molecule is O=C(O)C1C2CCCC2CN1C(=O)c1ccc2c(c1)COC2. The Morgan fingerprint density at radius 2 is 2.00 bits per heavy atom. The van der Waals surface area contributed by atoms with Crippen molar-refractivity contribution >= 4 is 11.9 Å². The van der Waals surface area contributed by atoms with Gasteiger partial charge in [-0.05, 0) is 47.9 Å². The maximum atomic E-state index is 12.8. The normalized spacial score (nSPS) is 29.5. The second kappa shape index (κ2) is 5.09. The van der Waals surface area contributed by atoms with Crippen LogP contribution >= 0.6 is 0 Å². The Balaban J connectivity index is 1.63. The molecule has 4 rings (SSSR count). The topological polar surface area (TPSA) is 66.8 Å². The molecule has 0 spiro atoms. The zero-order valence-electron chi connectivity index (χ0n) is 12.3. The number of aliphatic carboxylic acids is 1. The van der Waals surface area contributed by atoms with E-state index in [4.69, 9.17) is 4.74 Å². The number of rotatable bonds is 2. The molecule has 0 bridgehead atoms. The average molecular weight is 301 g/mol. The highest BCUT2D eigenvalue weighted by molar-refractivity contribution is 5.97. The molecule has 116 valence electrons. The molecule has 0 radical (unpaired) electrons. The van der Waals surface area contributed by atoms with Crippen LogP contribution in [0.4, 0.5) is 0 Å². The Bertz CT molecular complexity index is 642. The molecule has 1 aliphatic carbocycles. The van der Waals surface area contributed by atoms with Crippen LogP contribution in [-0.2, 0) is 22.7 Å². The van der Waals surface area contributed by atoms with E-state index in [1.807, 2.05) is 12.1 Å². The summed E-state index contributed by atoms with van der Waals surface area (Å²) in [5.41, 5.74) is 2.73. The van der Waals surface area contributed by atoms with Gasteiger partial charge in [0.05, 0.1) is 13.2 Å². The second-order valence-electron chi connectivity index (χ2n) is 6.57. The first-order chi connectivity index (χ1) is 10.6. The maximum Gasteiger partial charge on any atom is 0.326 e. The fourth-order valence-electron chi connectivity index (χ4n) is 4.30. The molecule has 1 saturated heterocycles. The minimum atomic E-state index is -0.868. The lowest BCUT2D eigenvalue weighted by atomic mass is 9.94. The molecule has 0 aromatic heterocycles. The standard InChI is InChI=1S/C17H19NO4/c19-16(10-4-5-12-8-22-9-13(12)6-10)18-7-11-2-1-3-14(11)15(18)17(20)21/h4-6,11,14-15H,1-3,7-9H2,(H,20,21). The highest BCUT2D eigenvalue weighted by Crippen LogP contribution is 2.42. The summed E-state index contributed by atoms with van der Waals surface area (Å²) in [7, 11) is 0. The third kappa shape index (κ3) is 2.03. The summed E-state index contributed by atoms with van der Waals surface area (Å²) < 4.78 is 5.38. The van der Waals surface area contributed by atoms with Crippen LogP contribution < -0.4 is 0 Å². The molecule has 2 heterocycles. The zero-order chi connectivity index (χ0) is 15.3. The largest absolute Gasteiger partial charge is 0.480 e. The number of carbonyl (C=O) groups excluding carboxylic acids is 1. The molecule has 22 heavy (non-hydrogen) atoms. The molecular formula is C17H19NO4. The fraction of sp³-hybridized carbons (Fsp3) is 0.529. The third-order valence-corrected chi connectivity index (χ3v) is 5.37. The quantitative estimate of drug-likeness (QED) is 0.908. The van der Waals surface area contributed by atoms with Crippen LogP contribution in [0.1, 0.15) is 40.7 Å². The van der Waals surface area contributed by atoms with Gasteiger partial charge in [-0.15, -0.1) is 0 Å². The van der Waals surface area contributed by atoms with Gasteiger partial charge in [0.15, 0.2) is 0 Å². The van der Waals surface area contributed by atoms with E-state index in [1.54, 1.807) is 11.0 Å². The van der Waals surface area contributed by atoms with Crippen LogP contribution in [0, 0.1) is 11.8 Å². The number of ether oxygens (including phenoxy) is 1. The maximum absolute atomic E-state index is 12.8. The lowest BCUT2D eigenvalue weighted by Crippen LogP contribution is -2.43. The molecular weight excluding hydrogens is 282 g/mol. The Labute approximate surface area is 128 Å². The van der Waals surface area contributed by atoms with Crippen LogP contribution in [0.25, 0.3) is 0 Å². The second-order valence-corrected chi connectivity index (χ2v) is 6.57. The molecule has 1 N–H and O–H groups in total. The molecule has 5 nitrogen and oxygen atoms in total. The summed E-state index contributed by atoms with van der Waals surface area (Å²) in [5.74, 6) is -0.550. The summed E-state index contributed by atoms with van der Waals surface area (Å²) in [4.78, 5) is 26.1. The van der Waals surface area contributed by atoms with Gasteiger partial charge in [0.25, 0.3) is 5.91 Å². The zero-order valence-corrected chi connectivity index (χ0v) is 12.3. The average Bonchev–Trinajstić information content (AvgIpc) is 3.19. The molecule has 1 aromatic rings.